The molecular weight excluding hydrogens is 262 g/mol. The lowest BCUT2D eigenvalue weighted by atomic mass is 10.2. The summed E-state index contributed by atoms with van der Waals surface area (Å²) in [6.07, 6.45) is 0.355. The second-order valence-electron chi connectivity index (χ2n) is 4.38. The second kappa shape index (κ2) is 7.44. The number of nitro benzene ring substituents is 1. The lowest BCUT2D eigenvalue weighted by molar-refractivity contribution is -0.385. The standard InChI is InChI=1S/C13H19N3O4/c1-3-15-10(13(14)17)6-7-20-12-8-9(2)4-5-11(12)16(18)19/h4-5,8,10,15H,3,6-7H2,1-2H3,(H2,14,17). The zero-order valence-electron chi connectivity index (χ0n) is 11.6. The van der Waals surface area contributed by atoms with Crippen molar-refractivity contribution < 1.29 is 14.5 Å². The zero-order chi connectivity index (χ0) is 15.1. The molecule has 0 heterocycles. The van der Waals surface area contributed by atoms with Gasteiger partial charge in [-0.3, -0.25) is 14.9 Å². The van der Waals surface area contributed by atoms with Crippen LogP contribution in [-0.4, -0.2) is 30.0 Å². The number of carbonyl (C=O) groups is 1. The number of nitrogens with two attached hydrogens (primary N) is 1. The molecule has 1 unspecified atom stereocenters. The summed E-state index contributed by atoms with van der Waals surface area (Å²) in [5, 5.41) is 13.8. The fraction of sp³-hybridized carbons (Fsp3) is 0.462. The molecule has 20 heavy (non-hydrogen) atoms. The first-order chi connectivity index (χ1) is 9.45. The van der Waals surface area contributed by atoms with Crippen LogP contribution in [0.4, 0.5) is 5.69 Å². The van der Waals surface area contributed by atoms with Crippen LogP contribution in [0.1, 0.15) is 18.9 Å². The van der Waals surface area contributed by atoms with Gasteiger partial charge in [0.15, 0.2) is 5.75 Å². The fourth-order valence-corrected chi connectivity index (χ4v) is 1.77. The summed E-state index contributed by atoms with van der Waals surface area (Å²) in [5.74, 6) is -0.260. The first-order valence-corrected chi connectivity index (χ1v) is 6.36. The van der Waals surface area contributed by atoms with Gasteiger partial charge in [0.25, 0.3) is 0 Å². The Hall–Kier alpha value is -2.15. The van der Waals surface area contributed by atoms with Crippen molar-refractivity contribution in [3.8, 4) is 5.75 Å². The molecule has 7 heteroatoms. The fourth-order valence-electron chi connectivity index (χ4n) is 1.77. The number of nitrogens with one attached hydrogen (secondary N) is 1. The van der Waals surface area contributed by atoms with Crippen molar-refractivity contribution >= 4 is 11.6 Å². The van der Waals surface area contributed by atoms with E-state index in [2.05, 4.69) is 5.32 Å². The van der Waals surface area contributed by atoms with Crippen LogP contribution in [0.5, 0.6) is 5.75 Å². The van der Waals surface area contributed by atoms with E-state index in [-0.39, 0.29) is 18.0 Å². The summed E-state index contributed by atoms with van der Waals surface area (Å²) in [4.78, 5) is 21.5. The molecule has 0 saturated heterocycles. The lowest BCUT2D eigenvalue weighted by Gasteiger charge is -2.14. The number of aryl methyl sites for hydroxylation is 1. The monoisotopic (exact) mass is 281 g/mol. The highest BCUT2D eigenvalue weighted by atomic mass is 16.6. The van der Waals surface area contributed by atoms with Crippen LogP contribution in [0.25, 0.3) is 0 Å². The van der Waals surface area contributed by atoms with Gasteiger partial charge in [0.05, 0.1) is 17.6 Å². The molecule has 0 saturated carbocycles. The molecule has 7 nitrogen and oxygen atoms in total. The van der Waals surface area contributed by atoms with Crippen LogP contribution in [0, 0.1) is 17.0 Å². The lowest BCUT2D eigenvalue weighted by Crippen LogP contribution is -2.42. The molecule has 3 N–H and O–H groups in total. The van der Waals surface area contributed by atoms with E-state index in [0.717, 1.165) is 5.56 Å². The van der Waals surface area contributed by atoms with E-state index in [9.17, 15) is 14.9 Å². The number of hydrogen-bond donors (Lipinski definition) is 2. The maximum atomic E-state index is 11.2. The van der Waals surface area contributed by atoms with Gasteiger partial charge >= 0.3 is 5.69 Å². The van der Waals surface area contributed by atoms with Crippen molar-refractivity contribution in [3.05, 3.63) is 33.9 Å². The van der Waals surface area contributed by atoms with E-state index in [0.29, 0.717) is 13.0 Å². The maximum absolute atomic E-state index is 11.2. The van der Waals surface area contributed by atoms with Gasteiger partial charge in [-0.1, -0.05) is 13.0 Å². The molecule has 1 amide bonds. The Bertz CT molecular complexity index is 491. The van der Waals surface area contributed by atoms with E-state index in [1.807, 2.05) is 13.8 Å². The van der Waals surface area contributed by atoms with Gasteiger partial charge in [-0.25, -0.2) is 0 Å². The minimum atomic E-state index is -0.496. The maximum Gasteiger partial charge on any atom is 0.310 e. The quantitative estimate of drug-likeness (QED) is 0.548. The van der Waals surface area contributed by atoms with Crippen molar-refractivity contribution in [3.63, 3.8) is 0 Å². The smallest absolute Gasteiger partial charge is 0.310 e. The number of hydrogen-bond acceptors (Lipinski definition) is 5. The van der Waals surface area contributed by atoms with Crippen LogP contribution in [0.15, 0.2) is 18.2 Å². The molecule has 1 atom stereocenters. The third-order valence-corrected chi connectivity index (χ3v) is 2.77. The van der Waals surface area contributed by atoms with E-state index >= 15 is 0 Å². The summed E-state index contributed by atoms with van der Waals surface area (Å²) in [5.41, 5.74) is 6.02. The molecule has 1 aromatic carbocycles. The second-order valence-corrected chi connectivity index (χ2v) is 4.38. The average molecular weight is 281 g/mol. The Morgan fingerprint density at radius 2 is 2.25 bits per heavy atom. The highest BCUT2D eigenvalue weighted by molar-refractivity contribution is 5.79. The highest BCUT2D eigenvalue weighted by Gasteiger charge is 2.17. The average Bonchev–Trinajstić information content (AvgIpc) is 2.37. The molecule has 0 fully saturated rings. The van der Waals surface area contributed by atoms with Gasteiger partial charge in [-0.2, -0.15) is 0 Å². The zero-order valence-corrected chi connectivity index (χ0v) is 11.6. The van der Waals surface area contributed by atoms with Gasteiger partial charge in [0.1, 0.15) is 0 Å². The minimum absolute atomic E-state index is 0.0883. The Labute approximate surface area is 117 Å². The summed E-state index contributed by atoms with van der Waals surface area (Å²) in [7, 11) is 0. The Morgan fingerprint density at radius 1 is 1.55 bits per heavy atom. The normalized spacial score (nSPS) is 11.9. The van der Waals surface area contributed by atoms with Crippen LogP contribution in [0.3, 0.4) is 0 Å². The van der Waals surface area contributed by atoms with Crippen molar-refractivity contribution in [2.24, 2.45) is 5.73 Å². The molecule has 1 aromatic rings. The molecule has 0 aliphatic rings. The number of primary amides is 1. The molecule has 0 bridgehead atoms. The van der Waals surface area contributed by atoms with Gasteiger partial charge in [0.2, 0.25) is 5.91 Å². The Morgan fingerprint density at radius 3 is 2.80 bits per heavy atom. The molecule has 0 aliphatic heterocycles. The number of benzene rings is 1. The predicted octanol–water partition coefficient (Wildman–Crippen LogP) is 1.14. The van der Waals surface area contributed by atoms with Crippen LogP contribution in [0.2, 0.25) is 0 Å². The first kappa shape index (κ1) is 15.9. The molecular formula is C13H19N3O4. The van der Waals surface area contributed by atoms with Gasteiger partial charge in [-0.05, 0) is 25.1 Å². The van der Waals surface area contributed by atoms with Gasteiger partial charge in [-0.15, -0.1) is 0 Å². The number of rotatable bonds is 8. The number of nitro groups is 1. The Kier molecular flexibility index (Phi) is 5.92. The number of carbonyl (C=O) groups excluding carboxylic acids is 1. The largest absolute Gasteiger partial charge is 0.487 e. The Balaban J connectivity index is 2.67. The summed E-state index contributed by atoms with van der Waals surface area (Å²) >= 11 is 0. The van der Waals surface area contributed by atoms with E-state index < -0.39 is 16.9 Å². The third kappa shape index (κ3) is 4.51. The van der Waals surface area contributed by atoms with E-state index in [1.165, 1.54) is 6.07 Å². The van der Waals surface area contributed by atoms with Crippen LogP contribution >= 0.6 is 0 Å². The molecule has 0 aromatic heterocycles. The molecule has 110 valence electrons. The van der Waals surface area contributed by atoms with Crippen LogP contribution < -0.4 is 15.8 Å². The summed E-state index contributed by atoms with van der Waals surface area (Å²) in [6.45, 7) is 4.47. The van der Waals surface area contributed by atoms with E-state index in [4.69, 9.17) is 10.5 Å². The van der Waals surface area contributed by atoms with Crippen molar-refractivity contribution in [2.45, 2.75) is 26.3 Å². The topological polar surface area (TPSA) is 107 Å². The molecule has 0 radical (unpaired) electrons. The number of ether oxygens (including phenoxy) is 1. The predicted molar refractivity (Wildman–Crippen MR) is 74.6 cm³/mol. The minimum Gasteiger partial charge on any atom is -0.487 e. The molecule has 1 rings (SSSR count). The molecule has 0 aliphatic carbocycles. The first-order valence-electron chi connectivity index (χ1n) is 6.36. The number of amides is 1. The van der Waals surface area contributed by atoms with Gasteiger partial charge < -0.3 is 15.8 Å². The third-order valence-electron chi connectivity index (χ3n) is 2.77. The van der Waals surface area contributed by atoms with Crippen molar-refractivity contribution in [2.75, 3.05) is 13.2 Å². The SMILES string of the molecule is CCNC(CCOc1cc(C)ccc1[N+](=O)[O-])C(N)=O. The highest BCUT2D eigenvalue weighted by Crippen LogP contribution is 2.27. The molecule has 0 spiro atoms. The van der Waals surface area contributed by atoms with Gasteiger partial charge in [0, 0.05) is 12.5 Å². The van der Waals surface area contributed by atoms with E-state index in [1.54, 1.807) is 12.1 Å². The summed E-state index contributed by atoms with van der Waals surface area (Å²) in [6, 6.07) is 4.16. The summed E-state index contributed by atoms with van der Waals surface area (Å²) < 4.78 is 5.42. The number of likely N-dealkylation sites (N-methyl/N-ethyl adjacent to an activating group) is 1. The van der Waals surface area contributed by atoms with Crippen molar-refractivity contribution in [1.82, 2.24) is 5.32 Å². The van der Waals surface area contributed by atoms with Crippen LogP contribution in [-0.2, 0) is 4.79 Å². The van der Waals surface area contributed by atoms with Crippen molar-refractivity contribution in [1.29, 1.82) is 0 Å². The number of nitrogens with zero attached hydrogens (tertiary/aromatic N) is 1.